The number of carbonyl (C=O) groups is 3. The molecule has 3 unspecified atom stereocenters. The number of Topliss-reactive ketones (excluding diaryl/α,β-unsaturated/α-hetero) is 1. The molecule has 0 saturated carbocycles. The van der Waals surface area contributed by atoms with Crippen LogP contribution in [0.4, 0.5) is 0 Å². The van der Waals surface area contributed by atoms with Crippen molar-refractivity contribution in [3.05, 3.63) is 69.0 Å². The van der Waals surface area contributed by atoms with Crippen LogP contribution in [0.1, 0.15) is 22.3 Å². The predicted octanol–water partition coefficient (Wildman–Crippen LogP) is 4.12. The Labute approximate surface area is 204 Å². The van der Waals surface area contributed by atoms with E-state index in [-0.39, 0.29) is 36.7 Å². The highest BCUT2D eigenvalue weighted by molar-refractivity contribution is 7.17. The van der Waals surface area contributed by atoms with E-state index in [1.165, 1.54) is 11.3 Å². The molecule has 0 radical (unpaired) electrons. The van der Waals surface area contributed by atoms with Gasteiger partial charge in [-0.2, -0.15) is 0 Å². The molecule has 2 saturated heterocycles. The van der Waals surface area contributed by atoms with Gasteiger partial charge >= 0.3 is 0 Å². The van der Waals surface area contributed by atoms with Crippen molar-refractivity contribution in [1.29, 1.82) is 0 Å². The summed E-state index contributed by atoms with van der Waals surface area (Å²) >= 11 is 13.7. The maximum atomic E-state index is 13.6. The van der Waals surface area contributed by atoms with Crippen molar-refractivity contribution >= 4 is 62.2 Å². The lowest BCUT2D eigenvalue weighted by atomic mass is 10.0. The van der Waals surface area contributed by atoms with Gasteiger partial charge in [0.25, 0.3) is 5.91 Å². The molecule has 3 aromatic rings. The number of hydrogen-bond donors (Lipinski definition) is 1. The van der Waals surface area contributed by atoms with Crippen LogP contribution >= 0.6 is 34.5 Å². The number of thiophene rings is 1. The van der Waals surface area contributed by atoms with Crippen molar-refractivity contribution in [1.82, 2.24) is 10.2 Å². The molecule has 2 amide bonds. The van der Waals surface area contributed by atoms with Crippen LogP contribution in [0.5, 0.6) is 0 Å². The molecular weight excluding hydrogens is 483 g/mol. The molecule has 3 heterocycles. The van der Waals surface area contributed by atoms with Gasteiger partial charge in [-0.05, 0) is 30.2 Å². The Hall–Kier alpha value is -2.45. The molecular formula is C24H20Cl2N2O4S. The molecule has 170 valence electrons. The number of benzene rings is 2. The molecule has 6 nitrogen and oxygen atoms in total. The first-order chi connectivity index (χ1) is 15.9. The molecule has 2 aliphatic rings. The Balaban J connectivity index is 1.44. The summed E-state index contributed by atoms with van der Waals surface area (Å²) in [5.74, 6) is -0.745. The third kappa shape index (κ3) is 4.26. The van der Waals surface area contributed by atoms with Gasteiger partial charge in [0.05, 0.1) is 21.7 Å². The smallest absolute Gasteiger partial charge is 0.253 e. The van der Waals surface area contributed by atoms with Gasteiger partial charge < -0.3 is 15.0 Å². The van der Waals surface area contributed by atoms with Gasteiger partial charge in [0.15, 0.2) is 5.78 Å². The van der Waals surface area contributed by atoms with E-state index in [9.17, 15) is 14.4 Å². The van der Waals surface area contributed by atoms with Crippen molar-refractivity contribution in [2.75, 3.05) is 13.2 Å². The quantitative estimate of drug-likeness (QED) is 0.569. The van der Waals surface area contributed by atoms with Crippen molar-refractivity contribution in [2.24, 2.45) is 0 Å². The molecule has 0 bridgehead atoms. The van der Waals surface area contributed by atoms with Crippen molar-refractivity contribution in [3.63, 3.8) is 0 Å². The van der Waals surface area contributed by atoms with Gasteiger partial charge in [-0.15, -0.1) is 11.3 Å². The van der Waals surface area contributed by atoms with Gasteiger partial charge in [-0.1, -0.05) is 47.5 Å². The molecule has 1 aromatic heterocycles. The van der Waals surface area contributed by atoms with E-state index in [4.69, 9.17) is 27.9 Å². The summed E-state index contributed by atoms with van der Waals surface area (Å²) in [5, 5.41) is 6.32. The zero-order valence-corrected chi connectivity index (χ0v) is 19.8. The molecule has 1 N–H and O–H groups in total. The van der Waals surface area contributed by atoms with E-state index in [1.807, 2.05) is 24.3 Å². The highest BCUT2D eigenvalue weighted by Crippen LogP contribution is 2.29. The van der Waals surface area contributed by atoms with Crippen LogP contribution in [0, 0.1) is 0 Å². The first-order valence-corrected chi connectivity index (χ1v) is 12.2. The number of ether oxygens (including phenoxy) is 1. The Bertz CT molecular complexity index is 1260. The normalized spacial score (nSPS) is 20.8. The average Bonchev–Trinajstić information content (AvgIpc) is 3.51. The number of hydrogen-bond acceptors (Lipinski definition) is 5. The number of likely N-dealkylation sites (tertiary alicyclic amines) is 1. The zero-order chi connectivity index (χ0) is 23.1. The molecule has 33 heavy (non-hydrogen) atoms. The summed E-state index contributed by atoms with van der Waals surface area (Å²) < 4.78 is 6.51. The maximum absolute atomic E-state index is 13.6. The topological polar surface area (TPSA) is 75.7 Å². The molecule has 0 spiro atoms. The van der Waals surface area contributed by atoms with Crippen molar-refractivity contribution in [2.45, 2.75) is 31.0 Å². The van der Waals surface area contributed by atoms with Crippen LogP contribution in [0.15, 0.2) is 47.8 Å². The third-order valence-corrected chi connectivity index (χ3v) is 7.85. The van der Waals surface area contributed by atoms with Crippen LogP contribution in [0.25, 0.3) is 10.1 Å². The number of amides is 2. The molecule has 5 rings (SSSR count). The number of ketones is 1. The predicted molar refractivity (Wildman–Crippen MR) is 128 cm³/mol. The minimum atomic E-state index is -0.874. The summed E-state index contributed by atoms with van der Waals surface area (Å²) in [6, 6.07) is 11.3. The van der Waals surface area contributed by atoms with Gasteiger partial charge in [-0.25, -0.2) is 0 Å². The molecule has 3 atom stereocenters. The highest BCUT2D eigenvalue weighted by Gasteiger charge is 2.48. The maximum Gasteiger partial charge on any atom is 0.253 e. The van der Waals surface area contributed by atoms with E-state index in [0.29, 0.717) is 28.6 Å². The highest BCUT2D eigenvalue weighted by atomic mass is 35.5. The van der Waals surface area contributed by atoms with E-state index < -0.39 is 12.1 Å². The Kier molecular flexibility index (Phi) is 6.14. The summed E-state index contributed by atoms with van der Waals surface area (Å²) in [6.45, 7) is 0.429. The first-order valence-electron chi connectivity index (χ1n) is 10.6. The Morgan fingerprint density at radius 2 is 2.00 bits per heavy atom. The summed E-state index contributed by atoms with van der Waals surface area (Å²) in [6.07, 6.45) is 0.542. The summed E-state index contributed by atoms with van der Waals surface area (Å²) in [7, 11) is 0. The summed E-state index contributed by atoms with van der Waals surface area (Å²) in [4.78, 5) is 40.7. The standard InChI is InChI=1S/C24H20Cl2N2O4S/c25-16-6-5-13(9-17(16)26)10-18(24(31)28-8-7-20-22(28)19(29)11-32-20)27-23(30)15-12-33-21-4-2-1-3-14(15)21/h1-6,9,12,18,20,22H,7-8,10-11H2,(H,27,30). The van der Waals surface area contributed by atoms with E-state index in [2.05, 4.69) is 5.32 Å². The molecule has 2 aliphatic heterocycles. The Morgan fingerprint density at radius 1 is 1.18 bits per heavy atom. The van der Waals surface area contributed by atoms with E-state index >= 15 is 0 Å². The second kappa shape index (κ2) is 9.06. The fourth-order valence-electron chi connectivity index (χ4n) is 4.53. The number of nitrogens with one attached hydrogen (secondary N) is 1. The van der Waals surface area contributed by atoms with Crippen LogP contribution in [0.2, 0.25) is 10.0 Å². The fourth-order valence-corrected chi connectivity index (χ4v) is 5.80. The lowest BCUT2D eigenvalue weighted by Gasteiger charge is -2.27. The number of fused-ring (bicyclic) bond motifs is 2. The summed E-state index contributed by atoms with van der Waals surface area (Å²) in [5.41, 5.74) is 1.27. The van der Waals surface area contributed by atoms with Crippen LogP contribution in [-0.4, -0.2) is 53.8 Å². The van der Waals surface area contributed by atoms with Gasteiger partial charge in [0.2, 0.25) is 5.91 Å². The molecule has 0 aliphatic carbocycles. The van der Waals surface area contributed by atoms with E-state index in [0.717, 1.165) is 15.6 Å². The van der Waals surface area contributed by atoms with Gasteiger partial charge in [0.1, 0.15) is 18.7 Å². The molecule has 2 fully saturated rings. The van der Waals surface area contributed by atoms with Gasteiger partial charge in [0, 0.05) is 28.4 Å². The van der Waals surface area contributed by atoms with Crippen LogP contribution < -0.4 is 5.32 Å². The Morgan fingerprint density at radius 3 is 2.82 bits per heavy atom. The minimum Gasteiger partial charge on any atom is -0.368 e. The van der Waals surface area contributed by atoms with E-state index in [1.54, 1.807) is 28.5 Å². The number of carbonyl (C=O) groups excluding carboxylic acids is 3. The largest absolute Gasteiger partial charge is 0.368 e. The third-order valence-electron chi connectivity index (χ3n) is 6.15. The van der Waals surface area contributed by atoms with Crippen LogP contribution in [-0.2, 0) is 20.7 Å². The monoisotopic (exact) mass is 502 g/mol. The molecule has 9 heteroatoms. The number of nitrogens with zero attached hydrogens (tertiary/aromatic N) is 1. The first kappa shape index (κ1) is 22.3. The zero-order valence-electron chi connectivity index (χ0n) is 17.4. The fraction of sp³-hybridized carbons (Fsp3) is 0.292. The second-order valence-electron chi connectivity index (χ2n) is 8.21. The van der Waals surface area contributed by atoms with Crippen LogP contribution in [0.3, 0.4) is 0 Å². The average molecular weight is 503 g/mol. The van der Waals surface area contributed by atoms with Crippen molar-refractivity contribution in [3.8, 4) is 0 Å². The minimum absolute atomic E-state index is 0.0177. The number of halogens is 2. The van der Waals surface area contributed by atoms with Crippen molar-refractivity contribution < 1.29 is 19.1 Å². The SMILES string of the molecule is O=C(NC(Cc1ccc(Cl)c(Cl)c1)C(=O)N1CCC2OCC(=O)C21)c1csc2ccccc12. The van der Waals surface area contributed by atoms with Gasteiger partial charge in [-0.3, -0.25) is 14.4 Å². The molecule has 2 aromatic carbocycles. The second-order valence-corrected chi connectivity index (χ2v) is 9.93. The lowest BCUT2D eigenvalue weighted by molar-refractivity contribution is -0.138. The number of rotatable bonds is 5. The lowest BCUT2D eigenvalue weighted by Crippen LogP contribution is -2.53.